The summed E-state index contributed by atoms with van der Waals surface area (Å²) in [4.78, 5) is 16.3. The number of rotatable bonds is 2. The Kier molecular flexibility index (Phi) is 3.05. The zero-order valence-electron chi connectivity index (χ0n) is 10.7. The van der Waals surface area contributed by atoms with Gasteiger partial charge in [0.2, 0.25) is 0 Å². The van der Waals surface area contributed by atoms with E-state index in [0.717, 1.165) is 10.8 Å². The predicted octanol–water partition coefficient (Wildman–Crippen LogP) is 3.07. The molecule has 0 saturated carbocycles. The van der Waals surface area contributed by atoms with E-state index in [1.165, 1.54) is 0 Å². The molecule has 1 amide bonds. The van der Waals surface area contributed by atoms with Gasteiger partial charge in [-0.2, -0.15) is 0 Å². The summed E-state index contributed by atoms with van der Waals surface area (Å²) in [6.07, 6.45) is 3.27. The van der Waals surface area contributed by atoms with Crippen molar-refractivity contribution in [3.05, 3.63) is 66.5 Å². The number of carbonyl (C=O) groups is 1. The van der Waals surface area contributed by atoms with Gasteiger partial charge in [-0.3, -0.25) is 9.78 Å². The Morgan fingerprint density at radius 2 is 1.80 bits per heavy atom. The van der Waals surface area contributed by atoms with Crippen LogP contribution < -0.4 is 11.1 Å². The molecule has 1 aromatic heterocycles. The summed E-state index contributed by atoms with van der Waals surface area (Å²) >= 11 is 0. The van der Waals surface area contributed by atoms with Crippen LogP contribution in [0.5, 0.6) is 0 Å². The highest BCUT2D eigenvalue weighted by Gasteiger charge is 2.11. The van der Waals surface area contributed by atoms with Crippen LogP contribution in [0.15, 0.2) is 60.9 Å². The first kappa shape index (κ1) is 12.2. The molecular weight excluding hydrogens is 250 g/mol. The molecule has 3 N–H and O–H groups in total. The van der Waals surface area contributed by atoms with E-state index in [1.807, 2.05) is 24.3 Å². The Balaban J connectivity index is 2.02. The lowest BCUT2D eigenvalue weighted by molar-refractivity contribution is 0.102. The molecule has 0 unspecified atom stereocenters. The first-order valence-electron chi connectivity index (χ1n) is 6.24. The monoisotopic (exact) mass is 263 g/mol. The van der Waals surface area contributed by atoms with E-state index in [2.05, 4.69) is 10.3 Å². The summed E-state index contributed by atoms with van der Waals surface area (Å²) in [5.41, 5.74) is 7.86. The summed E-state index contributed by atoms with van der Waals surface area (Å²) in [5.74, 6) is -0.172. The highest BCUT2D eigenvalue weighted by molar-refractivity contribution is 6.14. The number of hydrogen-bond donors (Lipinski definition) is 2. The molecule has 3 rings (SSSR count). The second kappa shape index (κ2) is 5.01. The zero-order chi connectivity index (χ0) is 13.9. The second-order valence-corrected chi connectivity index (χ2v) is 4.44. The fourth-order valence-electron chi connectivity index (χ4n) is 2.16. The Hall–Kier alpha value is -2.88. The first-order valence-corrected chi connectivity index (χ1v) is 6.24. The van der Waals surface area contributed by atoms with E-state index < -0.39 is 0 Å². The number of pyridine rings is 1. The number of nitrogens with two attached hydrogens (primary N) is 1. The molecule has 2 aromatic carbocycles. The Bertz CT molecular complexity index is 769. The average Bonchev–Trinajstić information content (AvgIpc) is 2.49. The summed E-state index contributed by atoms with van der Waals surface area (Å²) in [6, 6.07) is 14.7. The van der Waals surface area contributed by atoms with Gasteiger partial charge < -0.3 is 11.1 Å². The van der Waals surface area contributed by atoms with E-state index in [1.54, 1.807) is 36.7 Å². The molecular formula is C16H13N3O. The van der Waals surface area contributed by atoms with E-state index >= 15 is 0 Å². The molecule has 0 aliphatic heterocycles. The van der Waals surface area contributed by atoms with Crippen molar-refractivity contribution >= 4 is 28.1 Å². The largest absolute Gasteiger partial charge is 0.398 e. The van der Waals surface area contributed by atoms with E-state index in [9.17, 15) is 4.79 Å². The predicted molar refractivity (Wildman–Crippen MR) is 80.6 cm³/mol. The van der Waals surface area contributed by atoms with Crippen LogP contribution in [0.3, 0.4) is 0 Å². The van der Waals surface area contributed by atoms with E-state index in [0.29, 0.717) is 16.9 Å². The third-order valence-electron chi connectivity index (χ3n) is 3.12. The number of nitrogens with one attached hydrogen (secondary N) is 1. The fraction of sp³-hybridized carbons (Fsp3) is 0. The van der Waals surface area contributed by atoms with Crippen molar-refractivity contribution in [2.24, 2.45) is 0 Å². The highest BCUT2D eigenvalue weighted by Crippen LogP contribution is 2.25. The Labute approximate surface area is 116 Å². The summed E-state index contributed by atoms with van der Waals surface area (Å²) in [6.45, 7) is 0. The van der Waals surface area contributed by atoms with Crippen molar-refractivity contribution in [1.29, 1.82) is 0 Å². The molecule has 3 aromatic rings. The molecule has 4 heteroatoms. The molecule has 0 saturated heterocycles. The first-order chi connectivity index (χ1) is 9.75. The number of nitrogen functional groups attached to an aromatic ring is 1. The van der Waals surface area contributed by atoms with Crippen LogP contribution in [0.1, 0.15) is 10.4 Å². The minimum absolute atomic E-state index is 0.172. The third-order valence-corrected chi connectivity index (χ3v) is 3.12. The van der Waals surface area contributed by atoms with Gasteiger partial charge in [-0.1, -0.05) is 24.3 Å². The number of amides is 1. The van der Waals surface area contributed by atoms with Gasteiger partial charge in [-0.05, 0) is 29.7 Å². The maximum absolute atomic E-state index is 12.4. The van der Waals surface area contributed by atoms with Gasteiger partial charge in [-0.25, -0.2) is 0 Å². The van der Waals surface area contributed by atoms with Crippen LogP contribution in [-0.4, -0.2) is 10.9 Å². The van der Waals surface area contributed by atoms with Crippen LogP contribution in [0, 0.1) is 0 Å². The lowest BCUT2D eigenvalue weighted by Crippen LogP contribution is -2.12. The van der Waals surface area contributed by atoms with Gasteiger partial charge in [0.25, 0.3) is 5.91 Å². The van der Waals surface area contributed by atoms with Crippen molar-refractivity contribution in [2.75, 3.05) is 11.1 Å². The number of hydrogen-bond acceptors (Lipinski definition) is 3. The van der Waals surface area contributed by atoms with Gasteiger partial charge in [0.15, 0.2) is 0 Å². The lowest BCUT2D eigenvalue weighted by Gasteiger charge is -2.09. The van der Waals surface area contributed by atoms with Crippen LogP contribution in [0.4, 0.5) is 11.4 Å². The Morgan fingerprint density at radius 3 is 2.55 bits per heavy atom. The normalized spacial score (nSPS) is 10.4. The molecule has 1 heterocycles. The highest BCUT2D eigenvalue weighted by atomic mass is 16.1. The fourth-order valence-corrected chi connectivity index (χ4v) is 2.16. The van der Waals surface area contributed by atoms with Gasteiger partial charge in [0, 0.05) is 22.8 Å². The van der Waals surface area contributed by atoms with E-state index in [-0.39, 0.29) is 5.91 Å². The van der Waals surface area contributed by atoms with Gasteiger partial charge in [0.1, 0.15) is 0 Å². The van der Waals surface area contributed by atoms with Crippen molar-refractivity contribution in [3.63, 3.8) is 0 Å². The molecule has 20 heavy (non-hydrogen) atoms. The molecule has 0 atom stereocenters. The van der Waals surface area contributed by atoms with Crippen LogP contribution in [0.2, 0.25) is 0 Å². The molecule has 0 aliphatic rings. The molecule has 0 spiro atoms. The van der Waals surface area contributed by atoms with Gasteiger partial charge >= 0.3 is 0 Å². The molecule has 0 bridgehead atoms. The summed E-state index contributed by atoms with van der Waals surface area (Å²) < 4.78 is 0. The number of anilines is 2. The second-order valence-electron chi connectivity index (χ2n) is 4.44. The van der Waals surface area contributed by atoms with Crippen molar-refractivity contribution in [2.45, 2.75) is 0 Å². The van der Waals surface area contributed by atoms with Crippen molar-refractivity contribution in [1.82, 2.24) is 4.98 Å². The summed E-state index contributed by atoms with van der Waals surface area (Å²) in [7, 11) is 0. The minimum Gasteiger partial charge on any atom is -0.398 e. The van der Waals surface area contributed by atoms with E-state index in [4.69, 9.17) is 5.73 Å². The average molecular weight is 263 g/mol. The molecule has 98 valence electrons. The number of benzene rings is 2. The van der Waals surface area contributed by atoms with Crippen LogP contribution >= 0.6 is 0 Å². The SMILES string of the molecule is Nc1ccc(C(=O)Nc2cccnc2)c2ccccc12. The van der Waals surface area contributed by atoms with Crippen LogP contribution in [0.25, 0.3) is 10.8 Å². The van der Waals surface area contributed by atoms with Crippen LogP contribution in [-0.2, 0) is 0 Å². The molecule has 0 fully saturated rings. The number of nitrogens with zero attached hydrogens (tertiary/aromatic N) is 1. The molecule has 0 aliphatic carbocycles. The minimum atomic E-state index is -0.172. The smallest absolute Gasteiger partial charge is 0.256 e. The van der Waals surface area contributed by atoms with Crippen molar-refractivity contribution in [3.8, 4) is 0 Å². The standard InChI is InChI=1S/C16H13N3O/c17-15-8-7-14(12-5-1-2-6-13(12)15)16(20)19-11-4-3-9-18-10-11/h1-10H,17H2,(H,19,20). The number of fused-ring (bicyclic) bond motifs is 1. The number of aromatic nitrogens is 1. The maximum atomic E-state index is 12.4. The topological polar surface area (TPSA) is 68.0 Å². The lowest BCUT2D eigenvalue weighted by atomic mass is 10.0. The Morgan fingerprint density at radius 1 is 1.00 bits per heavy atom. The van der Waals surface area contributed by atoms with Crippen molar-refractivity contribution < 1.29 is 4.79 Å². The van der Waals surface area contributed by atoms with Gasteiger partial charge in [0.05, 0.1) is 11.9 Å². The zero-order valence-corrected chi connectivity index (χ0v) is 10.7. The van der Waals surface area contributed by atoms with Gasteiger partial charge in [-0.15, -0.1) is 0 Å². The number of carbonyl (C=O) groups excluding carboxylic acids is 1. The summed E-state index contributed by atoms with van der Waals surface area (Å²) in [5, 5.41) is 4.55. The maximum Gasteiger partial charge on any atom is 0.256 e. The third kappa shape index (κ3) is 2.19. The quantitative estimate of drug-likeness (QED) is 0.698. The molecule has 4 nitrogen and oxygen atoms in total. The molecule has 0 radical (unpaired) electrons.